The van der Waals surface area contributed by atoms with Crippen LogP contribution in [0.1, 0.15) is 33.3 Å². The number of carbonyl (C=O) groups excluding carboxylic acids is 1. The first-order valence-corrected chi connectivity index (χ1v) is 10.2. The third-order valence-corrected chi connectivity index (χ3v) is 5.35. The maximum Gasteiger partial charge on any atom is 0.392 e. The van der Waals surface area contributed by atoms with E-state index in [1.54, 1.807) is 19.9 Å². The number of carbonyl (C=O) groups is 2. The van der Waals surface area contributed by atoms with E-state index in [-0.39, 0.29) is 24.2 Å². The molecule has 0 heterocycles. The van der Waals surface area contributed by atoms with Crippen LogP contribution in [0.4, 0.5) is 0 Å². The van der Waals surface area contributed by atoms with E-state index in [0.717, 1.165) is 0 Å². The van der Waals surface area contributed by atoms with E-state index in [0.29, 0.717) is 5.56 Å². The highest BCUT2D eigenvalue weighted by Gasteiger charge is 2.34. The molecule has 0 amide bonds. The predicted octanol–water partition coefficient (Wildman–Crippen LogP) is 1.67. The van der Waals surface area contributed by atoms with E-state index in [2.05, 4.69) is 10.2 Å². The zero-order chi connectivity index (χ0) is 21.5. The second-order valence-electron chi connectivity index (χ2n) is 6.31. The topological polar surface area (TPSA) is 143 Å². The normalized spacial score (nSPS) is 15.4. The van der Waals surface area contributed by atoms with Crippen molar-refractivity contribution in [2.45, 2.75) is 52.5 Å². The van der Waals surface area contributed by atoms with Gasteiger partial charge in [0.15, 0.2) is 11.5 Å². The standard InChI is InChI=1S/C17H27N2O8P/c1-10(2)26-17(23)12(4)19-28(24,18-11(3)16(21)22)27-15-8-13(9-20)6-7-14(15)25-5/h6-8,10-12,20H,9H2,1-5H3,(H,21,22)(H2,18,19,24). The van der Waals surface area contributed by atoms with Crippen LogP contribution in [0, 0.1) is 0 Å². The molecular formula is C17H27N2O8P. The number of aliphatic hydroxyl groups excluding tert-OH is 1. The van der Waals surface area contributed by atoms with Crippen LogP contribution in [0.2, 0.25) is 0 Å². The van der Waals surface area contributed by atoms with E-state index in [1.807, 2.05) is 0 Å². The van der Waals surface area contributed by atoms with Crippen LogP contribution in [0.3, 0.4) is 0 Å². The molecule has 0 saturated heterocycles. The summed E-state index contributed by atoms with van der Waals surface area (Å²) in [7, 11) is -2.75. The van der Waals surface area contributed by atoms with E-state index >= 15 is 0 Å². The summed E-state index contributed by atoms with van der Waals surface area (Å²) in [5, 5.41) is 23.3. The lowest BCUT2D eigenvalue weighted by molar-refractivity contribution is -0.149. The van der Waals surface area contributed by atoms with Gasteiger partial charge in [-0.1, -0.05) is 6.07 Å². The van der Waals surface area contributed by atoms with Crippen LogP contribution in [-0.4, -0.2) is 47.4 Å². The first kappa shape index (κ1) is 23.9. The Hall–Kier alpha value is -2.13. The van der Waals surface area contributed by atoms with Gasteiger partial charge in [0.05, 0.1) is 19.8 Å². The largest absolute Gasteiger partial charge is 0.493 e. The minimum absolute atomic E-state index is 0.000556. The Kier molecular flexibility index (Phi) is 8.90. The Morgan fingerprint density at radius 1 is 1.11 bits per heavy atom. The lowest BCUT2D eigenvalue weighted by Crippen LogP contribution is -2.43. The van der Waals surface area contributed by atoms with Crippen molar-refractivity contribution in [1.29, 1.82) is 0 Å². The molecule has 0 saturated carbocycles. The Balaban J connectivity index is 3.19. The minimum atomic E-state index is -4.12. The number of hydrogen-bond acceptors (Lipinski definition) is 7. The third-order valence-electron chi connectivity index (χ3n) is 3.44. The molecule has 1 rings (SSSR count). The molecule has 0 aliphatic rings. The summed E-state index contributed by atoms with van der Waals surface area (Å²) in [5.74, 6) is -1.74. The summed E-state index contributed by atoms with van der Waals surface area (Å²) in [6, 6.07) is 2.17. The number of aliphatic hydroxyl groups is 1. The molecule has 0 aliphatic carbocycles. The molecule has 3 atom stereocenters. The fraction of sp³-hybridized carbons (Fsp3) is 0.529. The SMILES string of the molecule is COc1ccc(CO)cc1OP(=O)(NC(C)C(=O)O)NC(C)C(=O)OC(C)C. The molecule has 28 heavy (non-hydrogen) atoms. The number of ether oxygens (including phenoxy) is 2. The highest BCUT2D eigenvalue weighted by molar-refractivity contribution is 7.55. The number of hydrogen-bond donors (Lipinski definition) is 4. The number of carboxylic acids is 1. The molecule has 0 spiro atoms. The van der Waals surface area contributed by atoms with E-state index in [1.165, 1.54) is 33.1 Å². The van der Waals surface area contributed by atoms with Crippen molar-refractivity contribution < 1.29 is 38.4 Å². The molecule has 0 bridgehead atoms. The summed E-state index contributed by atoms with van der Waals surface area (Å²) in [6.45, 7) is 5.72. The lowest BCUT2D eigenvalue weighted by Gasteiger charge is -2.26. The second-order valence-corrected chi connectivity index (χ2v) is 8.11. The minimum Gasteiger partial charge on any atom is -0.493 e. The van der Waals surface area contributed by atoms with Crippen molar-refractivity contribution in [2.75, 3.05) is 7.11 Å². The number of rotatable bonds is 11. The van der Waals surface area contributed by atoms with Gasteiger partial charge in [-0.05, 0) is 45.4 Å². The molecule has 0 aliphatic heterocycles. The molecule has 11 heteroatoms. The molecular weight excluding hydrogens is 391 g/mol. The summed E-state index contributed by atoms with van der Waals surface area (Å²) in [6.07, 6.45) is -0.385. The van der Waals surface area contributed by atoms with Gasteiger partial charge in [-0.3, -0.25) is 9.59 Å². The zero-order valence-corrected chi connectivity index (χ0v) is 17.4. The quantitative estimate of drug-likeness (QED) is 0.309. The number of esters is 1. The average Bonchev–Trinajstić information content (AvgIpc) is 2.60. The Labute approximate surface area is 163 Å². The molecule has 0 radical (unpaired) electrons. The summed E-state index contributed by atoms with van der Waals surface area (Å²) < 4.78 is 29.1. The molecule has 0 aromatic heterocycles. The van der Waals surface area contributed by atoms with Crippen molar-refractivity contribution in [2.24, 2.45) is 0 Å². The molecule has 0 fully saturated rings. The maximum absolute atomic E-state index is 13.3. The molecule has 4 N–H and O–H groups in total. The van der Waals surface area contributed by atoms with E-state index in [4.69, 9.17) is 19.1 Å². The Bertz CT molecular complexity index is 740. The van der Waals surface area contributed by atoms with Crippen molar-refractivity contribution in [3.8, 4) is 11.5 Å². The van der Waals surface area contributed by atoms with E-state index in [9.17, 15) is 19.3 Å². The van der Waals surface area contributed by atoms with Crippen LogP contribution in [-0.2, 0) is 25.5 Å². The fourth-order valence-corrected chi connectivity index (χ4v) is 3.91. The van der Waals surface area contributed by atoms with Gasteiger partial charge >= 0.3 is 19.6 Å². The summed E-state index contributed by atoms with van der Waals surface area (Å²) in [5.41, 5.74) is 0.459. The van der Waals surface area contributed by atoms with Gasteiger partial charge in [-0.2, -0.15) is 0 Å². The van der Waals surface area contributed by atoms with Crippen LogP contribution in [0.5, 0.6) is 11.5 Å². The zero-order valence-electron chi connectivity index (χ0n) is 16.5. The van der Waals surface area contributed by atoms with Gasteiger partial charge in [-0.15, -0.1) is 0 Å². The molecule has 1 aromatic carbocycles. The predicted molar refractivity (Wildman–Crippen MR) is 101 cm³/mol. The average molecular weight is 418 g/mol. The van der Waals surface area contributed by atoms with Crippen molar-refractivity contribution in [1.82, 2.24) is 10.2 Å². The smallest absolute Gasteiger partial charge is 0.392 e. The first-order chi connectivity index (χ1) is 13.0. The molecule has 158 valence electrons. The van der Waals surface area contributed by atoms with Crippen LogP contribution >= 0.6 is 7.67 Å². The van der Waals surface area contributed by atoms with Gasteiger partial charge in [0.1, 0.15) is 12.1 Å². The highest BCUT2D eigenvalue weighted by atomic mass is 31.2. The molecule has 10 nitrogen and oxygen atoms in total. The van der Waals surface area contributed by atoms with Crippen molar-refractivity contribution >= 4 is 19.6 Å². The van der Waals surface area contributed by atoms with Gasteiger partial charge in [-0.25, -0.2) is 14.7 Å². The Morgan fingerprint density at radius 2 is 1.71 bits per heavy atom. The van der Waals surface area contributed by atoms with Gasteiger partial charge in [0.25, 0.3) is 0 Å². The number of benzene rings is 1. The molecule has 1 aromatic rings. The fourth-order valence-electron chi connectivity index (χ4n) is 2.07. The number of aliphatic carboxylic acids is 1. The monoisotopic (exact) mass is 418 g/mol. The maximum atomic E-state index is 13.3. The van der Waals surface area contributed by atoms with E-state index < -0.39 is 31.7 Å². The van der Waals surface area contributed by atoms with Crippen LogP contribution in [0.15, 0.2) is 18.2 Å². The second kappa shape index (κ2) is 10.4. The third kappa shape index (κ3) is 7.12. The summed E-state index contributed by atoms with van der Waals surface area (Å²) >= 11 is 0. The number of nitrogens with one attached hydrogen (secondary N) is 2. The van der Waals surface area contributed by atoms with Gasteiger partial charge in [0, 0.05) is 0 Å². The van der Waals surface area contributed by atoms with Crippen LogP contribution in [0.25, 0.3) is 0 Å². The summed E-state index contributed by atoms with van der Waals surface area (Å²) in [4.78, 5) is 23.3. The molecule has 3 unspecified atom stereocenters. The Morgan fingerprint density at radius 3 is 2.21 bits per heavy atom. The van der Waals surface area contributed by atoms with Crippen molar-refractivity contribution in [3.05, 3.63) is 23.8 Å². The highest BCUT2D eigenvalue weighted by Crippen LogP contribution is 2.44. The van der Waals surface area contributed by atoms with Gasteiger partial charge < -0.3 is 24.2 Å². The lowest BCUT2D eigenvalue weighted by atomic mass is 10.2. The number of methoxy groups -OCH3 is 1. The van der Waals surface area contributed by atoms with Crippen molar-refractivity contribution in [3.63, 3.8) is 0 Å². The van der Waals surface area contributed by atoms with Gasteiger partial charge in [0.2, 0.25) is 0 Å². The van der Waals surface area contributed by atoms with Crippen LogP contribution < -0.4 is 19.4 Å². The first-order valence-electron chi connectivity index (χ1n) is 8.57. The number of carboxylic acid groups (broad SMARTS) is 1.